The zero-order valence-electron chi connectivity index (χ0n) is 10.5. The van der Waals surface area contributed by atoms with Crippen LogP contribution in [0, 0.1) is 0 Å². The molecule has 5 nitrogen and oxygen atoms in total. The van der Waals surface area contributed by atoms with Gasteiger partial charge in [-0.3, -0.25) is 0 Å². The Morgan fingerprint density at radius 2 is 2.11 bits per heavy atom. The molecule has 2 rings (SSSR count). The van der Waals surface area contributed by atoms with Crippen LogP contribution in [0.4, 0.5) is 0 Å². The van der Waals surface area contributed by atoms with E-state index >= 15 is 0 Å². The van der Waals surface area contributed by atoms with Gasteiger partial charge in [0.25, 0.3) is 0 Å². The minimum absolute atomic E-state index is 0.245. The number of halogens is 1. The van der Waals surface area contributed by atoms with E-state index in [2.05, 4.69) is 20.7 Å². The molecule has 0 aliphatic heterocycles. The molecule has 1 aromatic heterocycles. The van der Waals surface area contributed by atoms with Gasteiger partial charge >= 0.3 is 0 Å². The van der Waals surface area contributed by atoms with E-state index in [1.807, 2.05) is 31.3 Å². The first-order chi connectivity index (χ1) is 8.69. The molecule has 0 saturated carbocycles. The molecule has 1 unspecified atom stereocenters. The number of benzene rings is 1. The van der Waals surface area contributed by atoms with Gasteiger partial charge in [-0.1, -0.05) is 29.8 Å². The lowest BCUT2D eigenvalue weighted by molar-refractivity contribution is 0.540. The highest BCUT2D eigenvalue weighted by atomic mass is 35.5. The summed E-state index contributed by atoms with van der Waals surface area (Å²) >= 11 is 6.16. The van der Waals surface area contributed by atoms with Crippen LogP contribution in [-0.4, -0.2) is 33.3 Å². The molecule has 0 aliphatic rings. The highest BCUT2D eigenvalue weighted by Gasteiger charge is 2.13. The van der Waals surface area contributed by atoms with Crippen molar-refractivity contribution < 1.29 is 0 Å². The monoisotopic (exact) mass is 265 g/mol. The van der Waals surface area contributed by atoms with Gasteiger partial charge in [0.2, 0.25) is 0 Å². The number of nitrogens with one attached hydrogen (secondary N) is 1. The van der Waals surface area contributed by atoms with Crippen LogP contribution in [0.2, 0.25) is 5.02 Å². The van der Waals surface area contributed by atoms with Crippen LogP contribution < -0.4 is 5.32 Å². The minimum Gasteiger partial charge on any atom is -0.316 e. The molecule has 0 aliphatic carbocycles. The number of tetrazole rings is 1. The fourth-order valence-electron chi connectivity index (χ4n) is 1.83. The highest BCUT2D eigenvalue weighted by Crippen LogP contribution is 2.17. The van der Waals surface area contributed by atoms with Gasteiger partial charge in [0.05, 0.1) is 7.05 Å². The Morgan fingerprint density at radius 3 is 2.72 bits per heavy atom. The molecule has 1 aromatic carbocycles. The molecule has 0 bridgehead atoms. The first kappa shape index (κ1) is 13.0. The van der Waals surface area contributed by atoms with Crippen LogP contribution >= 0.6 is 11.6 Å². The van der Waals surface area contributed by atoms with Crippen molar-refractivity contribution in [3.8, 4) is 0 Å². The second kappa shape index (κ2) is 5.93. The Balaban J connectivity index is 2.04. The van der Waals surface area contributed by atoms with Gasteiger partial charge in [-0.05, 0) is 30.3 Å². The van der Waals surface area contributed by atoms with Crippen molar-refractivity contribution in [1.29, 1.82) is 0 Å². The number of aromatic nitrogens is 4. The molecule has 0 radical (unpaired) electrons. The third kappa shape index (κ3) is 3.27. The van der Waals surface area contributed by atoms with Gasteiger partial charge in [0.1, 0.15) is 0 Å². The second-order valence-corrected chi connectivity index (χ2v) is 4.59. The predicted molar refractivity (Wildman–Crippen MR) is 70.5 cm³/mol. The van der Waals surface area contributed by atoms with Crippen LogP contribution in [0.15, 0.2) is 24.3 Å². The van der Waals surface area contributed by atoms with E-state index in [4.69, 9.17) is 11.6 Å². The van der Waals surface area contributed by atoms with Crippen LogP contribution in [0.3, 0.4) is 0 Å². The number of hydrogen-bond donors (Lipinski definition) is 1. The summed E-state index contributed by atoms with van der Waals surface area (Å²) < 4.78 is 0. The van der Waals surface area contributed by atoms with Gasteiger partial charge in [-0.2, -0.15) is 4.80 Å². The van der Waals surface area contributed by atoms with Crippen molar-refractivity contribution in [1.82, 2.24) is 25.5 Å². The molecule has 0 spiro atoms. The standard InChI is InChI=1S/C12H16ClN5/c1-14-10(8-12-15-17-18(2)16-12)7-9-5-3-4-6-11(9)13/h3-6,10,14H,7-8H2,1-2H3. The van der Waals surface area contributed by atoms with Gasteiger partial charge in [0, 0.05) is 17.5 Å². The van der Waals surface area contributed by atoms with Gasteiger partial charge < -0.3 is 5.32 Å². The van der Waals surface area contributed by atoms with Gasteiger partial charge in [-0.25, -0.2) is 0 Å². The van der Waals surface area contributed by atoms with E-state index in [9.17, 15) is 0 Å². The SMILES string of the molecule is CNC(Cc1nnn(C)n1)Cc1ccccc1Cl. The Labute approximate surface area is 111 Å². The molecule has 18 heavy (non-hydrogen) atoms. The van der Waals surface area contributed by atoms with Crippen molar-refractivity contribution >= 4 is 11.6 Å². The molecular formula is C12H16ClN5. The molecule has 2 aromatic rings. The van der Waals surface area contributed by atoms with Crippen LogP contribution in [0.25, 0.3) is 0 Å². The molecule has 0 amide bonds. The average molecular weight is 266 g/mol. The normalized spacial score (nSPS) is 12.6. The third-order valence-corrected chi connectivity index (χ3v) is 3.18. The van der Waals surface area contributed by atoms with Crippen molar-refractivity contribution in [3.63, 3.8) is 0 Å². The molecule has 1 N–H and O–H groups in total. The van der Waals surface area contributed by atoms with Crippen LogP contribution in [-0.2, 0) is 19.9 Å². The maximum Gasteiger partial charge on any atom is 0.176 e. The summed E-state index contributed by atoms with van der Waals surface area (Å²) in [4.78, 5) is 1.47. The Kier molecular flexibility index (Phi) is 4.28. The quantitative estimate of drug-likeness (QED) is 0.884. The van der Waals surface area contributed by atoms with E-state index < -0.39 is 0 Å². The molecule has 6 heteroatoms. The maximum absolute atomic E-state index is 6.16. The van der Waals surface area contributed by atoms with Crippen molar-refractivity contribution in [2.24, 2.45) is 7.05 Å². The van der Waals surface area contributed by atoms with Crippen molar-refractivity contribution in [2.75, 3.05) is 7.05 Å². The van der Waals surface area contributed by atoms with E-state index in [1.54, 1.807) is 7.05 Å². The molecule has 0 saturated heterocycles. The van der Waals surface area contributed by atoms with E-state index in [0.29, 0.717) is 0 Å². The zero-order chi connectivity index (χ0) is 13.0. The predicted octanol–water partition coefficient (Wildman–Crippen LogP) is 1.24. The zero-order valence-corrected chi connectivity index (χ0v) is 11.2. The number of rotatable bonds is 5. The highest BCUT2D eigenvalue weighted by molar-refractivity contribution is 6.31. The summed E-state index contributed by atoms with van der Waals surface area (Å²) in [5, 5.41) is 16.1. The fourth-order valence-corrected chi connectivity index (χ4v) is 2.04. The molecular weight excluding hydrogens is 250 g/mol. The summed E-state index contributed by atoms with van der Waals surface area (Å²) in [6, 6.07) is 8.12. The lowest BCUT2D eigenvalue weighted by atomic mass is 10.0. The summed E-state index contributed by atoms with van der Waals surface area (Å²) in [5.41, 5.74) is 1.13. The summed E-state index contributed by atoms with van der Waals surface area (Å²) in [7, 11) is 3.69. The Morgan fingerprint density at radius 1 is 1.33 bits per heavy atom. The van der Waals surface area contributed by atoms with E-state index in [0.717, 1.165) is 29.3 Å². The van der Waals surface area contributed by atoms with Crippen molar-refractivity contribution in [3.05, 3.63) is 40.7 Å². The average Bonchev–Trinajstić information content (AvgIpc) is 2.76. The van der Waals surface area contributed by atoms with Gasteiger partial charge in [-0.15, -0.1) is 10.2 Å². The maximum atomic E-state index is 6.16. The number of nitrogens with zero attached hydrogens (tertiary/aromatic N) is 4. The van der Waals surface area contributed by atoms with E-state index in [1.165, 1.54) is 4.80 Å². The molecule has 0 fully saturated rings. The molecule has 1 heterocycles. The molecule has 96 valence electrons. The third-order valence-electron chi connectivity index (χ3n) is 2.81. The Hall–Kier alpha value is -1.46. The van der Waals surface area contributed by atoms with Crippen molar-refractivity contribution in [2.45, 2.75) is 18.9 Å². The number of aryl methyl sites for hydroxylation is 1. The summed E-state index contributed by atoms with van der Waals surface area (Å²) in [6.45, 7) is 0. The second-order valence-electron chi connectivity index (χ2n) is 4.18. The van der Waals surface area contributed by atoms with Gasteiger partial charge in [0.15, 0.2) is 5.82 Å². The minimum atomic E-state index is 0.245. The summed E-state index contributed by atoms with van der Waals surface area (Å²) in [6.07, 6.45) is 1.57. The van der Waals surface area contributed by atoms with Crippen LogP contribution in [0.5, 0.6) is 0 Å². The fraction of sp³-hybridized carbons (Fsp3) is 0.417. The largest absolute Gasteiger partial charge is 0.316 e. The van der Waals surface area contributed by atoms with Crippen LogP contribution in [0.1, 0.15) is 11.4 Å². The smallest absolute Gasteiger partial charge is 0.176 e. The lowest BCUT2D eigenvalue weighted by Gasteiger charge is -2.15. The topological polar surface area (TPSA) is 55.6 Å². The molecule has 1 atom stereocenters. The first-order valence-electron chi connectivity index (χ1n) is 5.82. The number of likely N-dealkylation sites (N-methyl/N-ethyl adjacent to an activating group) is 1. The van der Waals surface area contributed by atoms with E-state index in [-0.39, 0.29) is 6.04 Å². The lowest BCUT2D eigenvalue weighted by Crippen LogP contribution is -2.30. The number of hydrogen-bond acceptors (Lipinski definition) is 4. The Bertz CT molecular complexity index is 511. The first-order valence-corrected chi connectivity index (χ1v) is 6.20. The summed E-state index contributed by atoms with van der Waals surface area (Å²) in [5.74, 6) is 0.740.